The van der Waals surface area contributed by atoms with Crippen molar-refractivity contribution in [3.63, 3.8) is 0 Å². The first kappa shape index (κ1) is 36.5. The molecule has 300 valence electrons. The summed E-state index contributed by atoms with van der Waals surface area (Å²) in [7, 11) is 0. The normalized spacial score (nSPS) is 11.8. The maximum atomic E-state index is 6.31. The monoisotopic (exact) mass is 834 g/mol. The van der Waals surface area contributed by atoms with Crippen LogP contribution in [0.4, 0.5) is 17.1 Å². The number of benzene rings is 10. The lowest BCUT2D eigenvalue weighted by Gasteiger charge is -2.26. The van der Waals surface area contributed by atoms with Gasteiger partial charge in [0.25, 0.3) is 0 Å². The molecule has 3 aromatic heterocycles. The molecular formula is C60H38N2OS. The van der Waals surface area contributed by atoms with Gasteiger partial charge in [0.15, 0.2) is 0 Å². The number of rotatable bonds is 7. The van der Waals surface area contributed by atoms with Crippen molar-refractivity contribution >= 4 is 92.3 Å². The smallest absolute Gasteiger partial charge is 0.136 e. The van der Waals surface area contributed by atoms with Crippen LogP contribution >= 0.6 is 11.3 Å². The topological polar surface area (TPSA) is 21.3 Å². The van der Waals surface area contributed by atoms with Gasteiger partial charge in [-0.2, -0.15) is 0 Å². The quantitative estimate of drug-likeness (QED) is 0.159. The lowest BCUT2D eigenvalue weighted by molar-refractivity contribution is 0.669. The van der Waals surface area contributed by atoms with Gasteiger partial charge in [0.1, 0.15) is 11.2 Å². The van der Waals surface area contributed by atoms with Crippen molar-refractivity contribution in [1.29, 1.82) is 0 Å². The number of hydrogen-bond acceptors (Lipinski definition) is 3. The summed E-state index contributed by atoms with van der Waals surface area (Å²) in [6, 6.07) is 83.4. The number of aromatic nitrogens is 1. The second kappa shape index (κ2) is 14.7. The minimum Gasteiger partial charge on any atom is -0.456 e. The molecule has 0 saturated carbocycles. The summed E-state index contributed by atoms with van der Waals surface area (Å²) in [6.07, 6.45) is 0. The van der Waals surface area contributed by atoms with Crippen LogP contribution in [0.1, 0.15) is 0 Å². The van der Waals surface area contributed by atoms with Gasteiger partial charge in [-0.05, 0) is 124 Å². The van der Waals surface area contributed by atoms with E-state index in [1.54, 1.807) is 0 Å². The first-order chi connectivity index (χ1) is 31.7. The number of nitrogens with zero attached hydrogens (tertiary/aromatic N) is 2. The minimum absolute atomic E-state index is 0.912. The first-order valence-electron chi connectivity index (χ1n) is 21.7. The number of furan rings is 1. The molecule has 0 bridgehead atoms. The third-order valence-electron chi connectivity index (χ3n) is 12.8. The summed E-state index contributed by atoms with van der Waals surface area (Å²) in [5.41, 5.74) is 15.7. The standard InChI is InChI=1S/C60H38N2OS/c1-2-10-39(11-3-1)40-18-27-45(28-19-40)61(47-31-24-43(25-32-47)44-26-35-60-54(36-44)51-14-6-9-17-59(51)64-60)46-29-20-41(21-30-46)42-22-33-48(34-23-42)62-55-15-7-4-12-49(55)52-38-58-53(37-56(52)62)50-13-5-8-16-57(50)63-58/h1-38H. The molecule has 13 aromatic rings. The van der Waals surface area contributed by atoms with Gasteiger partial charge in [-0.3, -0.25) is 0 Å². The van der Waals surface area contributed by atoms with Gasteiger partial charge < -0.3 is 13.9 Å². The summed E-state index contributed by atoms with van der Waals surface area (Å²) in [5.74, 6) is 0. The molecule has 0 fully saturated rings. The molecule has 0 aliphatic rings. The fourth-order valence-electron chi connectivity index (χ4n) is 9.66. The summed E-state index contributed by atoms with van der Waals surface area (Å²) >= 11 is 1.86. The second-order valence-electron chi connectivity index (χ2n) is 16.5. The fraction of sp³-hybridized carbons (Fsp3) is 0. The molecule has 0 saturated heterocycles. The molecule has 64 heavy (non-hydrogen) atoms. The maximum Gasteiger partial charge on any atom is 0.136 e. The average molecular weight is 835 g/mol. The number of thiophene rings is 1. The molecule has 3 heterocycles. The van der Waals surface area contributed by atoms with Crippen LogP contribution in [0.15, 0.2) is 235 Å². The third kappa shape index (κ3) is 6.03. The minimum atomic E-state index is 0.912. The molecule has 0 aliphatic carbocycles. The maximum absolute atomic E-state index is 6.31. The average Bonchev–Trinajstić information content (AvgIpc) is 4.03. The van der Waals surface area contributed by atoms with Crippen molar-refractivity contribution in [3.05, 3.63) is 231 Å². The van der Waals surface area contributed by atoms with Crippen LogP contribution < -0.4 is 4.90 Å². The molecule has 0 atom stereocenters. The van der Waals surface area contributed by atoms with Gasteiger partial charge in [0.2, 0.25) is 0 Å². The Bertz CT molecular complexity index is 3860. The number of hydrogen-bond donors (Lipinski definition) is 0. The fourth-order valence-corrected chi connectivity index (χ4v) is 10.7. The molecule has 3 nitrogen and oxygen atoms in total. The van der Waals surface area contributed by atoms with E-state index in [1.165, 1.54) is 64.2 Å². The van der Waals surface area contributed by atoms with Crippen molar-refractivity contribution in [1.82, 2.24) is 4.57 Å². The van der Waals surface area contributed by atoms with Crippen molar-refractivity contribution in [2.75, 3.05) is 4.90 Å². The Morgan fingerprint density at radius 1 is 0.312 bits per heavy atom. The zero-order chi connectivity index (χ0) is 42.1. The first-order valence-corrected chi connectivity index (χ1v) is 22.5. The van der Waals surface area contributed by atoms with Gasteiger partial charge in [0.05, 0.1) is 11.0 Å². The summed E-state index contributed by atoms with van der Waals surface area (Å²) in [4.78, 5) is 2.35. The van der Waals surface area contributed by atoms with Crippen LogP contribution in [0.3, 0.4) is 0 Å². The summed E-state index contributed by atoms with van der Waals surface area (Å²) in [5, 5.41) is 7.29. The highest BCUT2D eigenvalue weighted by atomic mass is 32.1. The summed E-state index contributed by atoms with van der Waals surface area (Å²) < 4.78 is 11.3. The molecule has 0 aliphatic heterocycles. The SMILES string of the molecule is c1ccc(-c2ccc(N(c3ccc(-c4ccc(-n5c6ccccc6c6cc7oc8ccccc8c7cc65)cc4)cc3)c3ccc(-c4ccc5sc6ccccc6c5c4)cc3)cc2)cc1. The van der Waals surface area contributed by atoms with Crippen LogP contribution in [0.25, 0.3) is 103 Å². The van der Waals surface area contributed by atoms with Crippen molar-refractivity contribution < 1.29 is 4.42 Å². The Kier molecular flexibility index (Phi) is 8.40. The zero-order valence-electron chi connectivity index (χ0n) is 34.7. The largest absolute Gasteiger partial charge is 0.456 e. The van der Waals surface area contributed by atoms with Crippen molar-refractivity contribution in [3.8, 4) is 39.1 Å². The van der Waals surface area contributed by atoms with Gasteiger partial charge in [-0.1, -0.05) is 140 Å². The Morgan fingerprint density at radius 3 is 1.52 bits per heavy atom. The molecule has 4 heteroatoms. The van der Waals surface area contributed by atoms with E-state index in [0.29, 0.717) is 0 Å². The molecule has 0 unspecified atom stereocenters. The van der Waals surface area contributed by atoms with E-state index in [2.05, 4.69) is 228 Å². The van der Waals surface area contributed by atoms with Gasteiger partial charge >= 0.3 is 0 Å². The highest BCUT2D eigenvalue weighted by Gasteiger charge is 2.18. The van der Waals surface area contributed by atoms with Gasteiger partial charge in [-0.25, -0.2) is 0 Å². The summed E-state index contributed by atoms with van der Waals surface area (Å²) in [6.45, 7) is 0. The molecule has 10 aromatic carbocycles. The third-order valence-corrected chi connectivity index (χ3v) is 14.0. The second-order valence-corrected chi connectivity index (χ2v) is 17.6. The Balaban J connectivity index is 0.851. The highest BCUT2D eigenvalue weighted by Crippen LogP contribution is 2.41. The predicted octanol–water partition coefficient (Wildman–Crippen LogP) is 17.5. The van der Waals surface area contributed by atoms with E-state index in [-0.39, 0.29) is 0 Å². The Labute approximate surface area is 373 Å². The molecule has 0 amide bonds. The number of para-hydroxylation sites is 2. The van der Waals surface area contributed by atoms with Crippen molar-refractivity contribution in [2.45, 2.75) is 0 Å². The van der Waals surface area contributed by atoms with Gasteiger partial charge in [-0.15, -0.1) is 11.3 Å². The highest BCUT2D eigenvalue weighted by molar-refractivity contribution is 7.25. The number of anilines is 3. The van der Waals surface area contributed by atoms with E-state index < -0.39 is 0 Å². The Hall–Kier alpha value is -8.18. The van der Waals surface area contributed by atoms with Gasteiger partial charge in [0, 0.05) is 64.5 Å². The predicted molar refractivity (Wildman–Crippen MR) is 272 cm³/mol. The van der Waals surface area contributed by atoms with E-state index in [4.69, 9.17) is 4.42 Å². The van der Waals surface area contributed by atoms with E-state index in [1.807, 2.05) is 23.5 Å². The Morgan fingerprint density at radius 2 is 0.828 bits per heavy atom. The van der Waals surface area contributed by atoms with Crippen molar-refractivity contribution in [2.24, 2.45) is 0 Å². The lowest BCUT2D eigenvalue weighted by atomic mass is 10.0. The molecular weight excluding hydrogens is 797 g/mol. The molecule has 0 spiro atoms. The number of fused-ring (bicyclic) bond motifs is 9. The van der Waals surface area contributed by atoms with Crippen LogP contribution in [-0.4, -0.2) is 4.57 Å². The zero-order valence-corrected chi connectivity index (χ0v) is 35.5. The molecule has 0 N–H and O–H groups in total. The van der Waals surface area contributed by atoms with Crippen LogP contribution in [0.2, 0.25) is 0 Å². The molecule has 13 rings (SSSR count). The van der Waals surface area contributed by atoms with E-state index in [9.17, 15) is 0 Å². The van der Waals surface area contributed by atoms with Crippen LogP contribution in [-0.2, 0) is 0 Å². The van der Waals surface area contributed by atoms with E-state index in [0.717, 1.165) is 55.8 Å². The molecule has 0 radical (unpaired) electrons. The van der Waals surface area contributed by atoms with Crippen LogP contribution in [0, 0.1) is 0 Å². The lowest BCUT2D eigenvalue weighted by Crippen LogP contribution is -2.09. The van der Waals surface area contributed by atoms with Crippen LogP contribution in [0.5, 0.6) is 0 Å². The van der Waals surface area contributed by atoms with E-state index >= 15 is 0 Å².